The van der Waals surface area contributed by atoms with Gasteiger partial charge >= 0.3 is 5.97 Å². The number of carbonyl (C=O) groups excluding carboxylic acids is 1. The molecular formula is C25H20N2O5. The van der Waals surface area contributed by atoms with Crippen molar-refractivity contribution in [2.75, 3.05) is 6.61 Å². The molecule has 4 aromatic rings. The minimum Gasteiger partial charge on any atom is -0.486 e. The highest BCUT2D eigenvalue weighted by molar-refractivity contribution is 5.88. The maximum atomic E-state index is 12.2. The predicted octanol–water partition coefficient (Wildman–Crippen LogP) is 4.22. The summed E-state index contributed by atoms with van der Waals surface area (Å²) in [4.78, 5) is 23.2. The van der Waals surface area contributed by atoms with E-state index in [2.05, 4.69) is 10.2 Å². The van der Waals surface area contributed by atoms with E-state index in [0.29, 0.717) is 29.5 Å². The number of aromatic carboxylic acids is 1. The number of carbonyl (C=O) groups is 2. The highest BCUT2D eigenvalue weighted by Crippen LogP contribution is 2.20. The highest BCUT2D eigenvalue weighted by Gasteiger charge is 2.10. The number of carboxylic acid groups (broad SMARTS) is 1. The Morgan fingerprint density at radius 2 is 1.66 bits per heavy atom. The summed E-state index contributed by atoms with van der Waals surface area (Å²) in [5.41, 5.74) is 2.64. The Kier molecular flexibility index (Phi) is 6.36. The molecule has 0 aliphatic carbocycles. The first kappa shape index (κ1) is 21.0. The summed E-state index contributed by atoms with van der Waals surface area (Å²) in [5, 5.41) is 17.2. The zero-order valence-corrected chi connectivity index (χ0v) is 17.1. The molecule has 0 saturated carbocycles. The number of carboxylic acids is 1. The molecule has 1 N–H and O–H groups in total. The van der Waals surface area contributed by atoms with Gasteiger partial charge in [-0.25, -0.2) is 4.79 Å². The molecule has 7 heteroatoms. The Bertz CT molecular complexity index is 1220. The molecule has 0 atom stereocenters. The molecule has 1 heterocycles. The van der Waals surface area contributed by atoms with Gasteiger partial charge in [0.15, 0.2) is 5.78 Å². The van der Waals surface area contributed by atoms with Crippen LogP contribution in [0.3, 0.4) is 0 Å². The number of Topliss-reactive ketones (excluding diaryl/α,β-unsaturated/α-hetero) is 1. The summed E-state index contributed by atoms with van der Waals surface area (Å²) >= 11 is 0. The normalized spacial score (nSPS) is 10.6. The van der Waals surface area contributed by atoms with Crippen molar-refractivity contribution >= 4 is 11.8 Å². The van der Waals surface area contributed by atoms with Gasteiger partial charge in [0.2, 0.25) is 11.8 Å². The van der Waals surface area contributed by atoms with E-state index in [-0.39, 0.29) is 24.4 Å². The maximum Gasteiger partial charge on any atom is 0.335 e. The van der Waals surface area contributed by atoms with E-state index < -0.39 is 5.97 Å². The first-order valence-electron chi connectivity index (χ1n) is 10.0. The molecule has 0 bridgehead atoms. The Hall–Kier alpha value is -4.26. The molecule has 1 aromatic heterocycles. The molecule has 4 rings (SSSR count). The van der Waals surface area contributed by atoms with E-state index in [1.165, 1.54) is 12.1 Å². The highest BCUT2D eigenvalue weighted by atomic mass is 16.5. The van der Waals surface area contributed by atoms with Gasteiger partial charge in [0.1, 0.15) is 12.4 Å². The lowest BCUT2D eigenvalue weighted by Crippen LogP contribution is -2.14. The van der Waals surface area contributed by atoms with E-state index in [1.54, 1.807) is 24.3 Å². The quantitative estimate of drug-likeness (QED) is 0.426. The van der Waals surface area contributed by atoms with Crippen molar-refractivity contribution in [2.24, 2.45) is 0 Å². The SMILES string of the molecule is O=C(COc1ccc(Cc2nnc(-c3ccccc3)o2)cc1)Cc1cccc(C(=O)O)c1. The average molecular weight is 428 g/mol. The number of aromatic nitrogens is 2. The minimum absolute atomic E-state index is 0.0965. The molecule has 0 aliphatic heterocycles. The molecule has 0 saturated heterocycles. The second-order valence-corrected chi connectivity index (χ2v) is 7.20. The van der Waals surface area contributed by atoms with Crippen LogP contribution < -0.4 is 4.74 Å². The van der Waals surface area contributed by atoms with Gasteiger partial charge in [-0.15, -0.1) is 10.2 Å². The van der Waals surface area contributed by atoms with Gasteiger partial charge in [-0.1, -0.05) is 42.5 Å². The van der Waals surface area contributed by atoms with Crippen LogP contribution in [0.15, 0.2) is 83.3 Å². The first-order valence-corrected chi connectivity index (χ1v) is 10.0. The Balaban J connectivity index is 1.29. The van der Waals surface area contributed by atoms with Crippen LogP contribution >= 0.6 is 0 Å². The molecule has 0 unspecified atom stereocenters. The third-order valence-electron chi connectivity index (χ3n) is 4.74. The van der Waals surface area contributed by atoms with Crippen molar-refractivity contribution in [1.29, 1.82) is 0 Å². The topological polar surface area (TPSA) is 103 Å². The van der Waals surface area contributed by atoms with Crippen LogP contribution in [0.4, 0.5) is 0 Å². The van der Waals surface area contributed by atoms with E-state index in [9.17, 15) is 9.59 Å². The molecule has 0 aliphatic rings. The number of nitrogens with zero attached hydrogens (tertiary/aromatic N) is 2. The van der Waals surface area contributed by atoms with Crippen molar-refractivity contribution in [3.63, 3.8) is 0 Å². The van der Waals surface area contributed by atoms with Crippen LogP contribution in [0.2, 0.25) is 0 Å². The number of hydrogen-bond acceptors (Lipinski definition) is 6. The van der Waals surface area contributed by atoms with Gasteiger partial charge in [0.25, 0.3) is 0 Å². The third-order valence-corrected chi connectivity index (χ3v) is 4.74. The van der Waals surface area contributed by atoms with Crippen molar-refractivity contribution in [3.8, 4) is 17.2 Å². The summed E-state index contributed by atoms with van der Waals surface area (Å²) in [5.74, 6) is 0.393. The van der Waals surface area contributed by atoms with Crippen LogP contribution in [0, 0.1) is 0 Å². The van der Waals surface area contributed by atoms with E-state index in [4.69, 9.17) is 14.3 Å². The molecule has 7 nitrogen and oxygen atoms in total. The standard InChI is InChI=1S/C25H20N2O5/c28-21(14-18-5-4-8-20(13-18)25(29)30)16-31-22-11-9-17(10-12-22)15-23-26-27-24(32-23)19-6-2-1-3-7-19/h1-13H,14-16H2,(H,29,30). The summed E-state index contributed by atoms with van der Waals surface area (Å²) in [6, 6.07) is 23.2. The van der Waals surface area contributed by atoms with Gasteiger partial charge in [-0.05, 0) is 47.5 Å². The molecule has 3 aromatic carbocycles. The van der Waals surface area contributed by atoms with Crippen LogP contribution in [0.1, 0.15) is 27.4 Å². The lowest BCUT2D eigenvalue weighted by atomic mass is 10.1. The lowest BCUT2D eigenvalue weighted by Gasteiger charge is -2.07. The molecule has 0 spiro atoms. The molecule has 0 radical (unpaired) electrons. The predicted molar refractivity (Wildman–Crippen MR) is 117 cm³/mol. The maximum absolute atomic E-state index is 12.2. The molecule has 160 valence electrons. The van der Waals surface area contributed by atoms with E-state index in [0.717, 1.165) is 11.1 Å². The minimum atomic E-state index is -1.02. The van der Waals surface area contributed by atoms with Crippen molar-refractivity contribution < 1.29 is 23.8 Å². The fourth-order valence-corrected chi connectivity index (χ4v) is 3.16. The monoisotopic (exact) mass is 428 g/mol. The van der Waals surface area contributed by atoms with Crippen LogP contribution in [0.25, 0.3) is 11.5 Å². The number of ketones is 1. The summed E-state index contributed by atoms with van der Waals surface area (Å²) < 4.78 is 11.3. The number of rotatable bonds is 9. The summed E-state index contributed by atoms with van der Waals surface area (Å²) in [6.07, 6.45) is 0.596. The van der Waals surface area contributed by atoms with Gasteiger partial charge in [0.05, 0.1) is 12.0 Å². The number of benzene rings is 3. The second kappa shape index (κ2) is 9.70. The largest absolute Gasteiger partial charge is 0.486 e. The van der Waals surface area contributed by atoms with Gasteiger partial charge in [0, 0.05) is 12.0 Å². The first-order chi connectivity index (χ1) is 15.6. The zero-order chi connectivity index (χ0) is 22.3. The van der Waals surface area contributed by atoms with Crippen LogP contribution in [0.5, 0.6) is 5.75 Å². The number of ether oxygens (including phenoxy) is 1. The van der Waals surface area contributed by atoms with Gasteiger partial charge in [-0.3, -0.25) is 4.79 Å². The van der Waals surface area contributed by atoms with Crippen LogP contribution in [-0.4, -0.2) is 33.7 Å². The molecule has 0 fully saturated rings. The third kappa shape index (κ3) is 5.46. The zero-order valence-electron chi connectivity index (χ0n) is 17.1. The van der Waals surface area contributed by atoms with E-state index >= 15 is 0 Å². The number of hydrogen-bond donors (Lipinski definition) is 1. The van der Waals surface area contributed by atoms with Gasteiger partial charge in [-0.2, -0.15) is 0 Å². The fourth-order valence-electron chi connectivity index (χ4n) is 3.16. The summed E-state index contributed by atoms with van der Waals surface area (Å²) in [7, 11) is 0. The molecule has 32 heavy (non-hydrogen) atoms. The van der Waals surface area contributed by atoms with Crippen molar-refractivity contribution in [3.05, 3.63) is 101 Å². The van der Waals surface area contributed by atoms with E-state index in [1.807, 2.05) is 42.5 Å². The van der Waals surface area contributed by atoms with Crippen molar-refractivity contribution in [1.82, 2.24) is 10.2 Å². The van der Waals surface area contributed by atoms with Crippen molar-refractivity contribution in [2.45, 2.75) is 12.8 Å². The molecule has 0 amide bonds. The Morgan fingerprint density at radius 3 is 2.41 bits per heavy atom. The second-order valence-electron chi connectivity index (χ2n) is 7.20. The lowest BCUT2D eigenvalue weighted by molar-refractivity contribution is -0.120. The summed E-state index contributed by atoms with van der Waals surface area (Å²) in [6.45, 7) is -0.0965. The van der Waals surface area contributed by atoms with Crippen LogP contribution in [-0.2, 0) is 17.6 Å². The Labute approximate surface area is 184 Å². The average Bonchev–Trinajstić information content (AvgIpc) is 3.28. The smallest absolute Gasteiger partial charge is 0.335 e. The Morgan fingerprint density at radius 1 is 0.875 bits per heavy atom. The van der Waals surface area contributed by atoms with Gasteiger partial charge < -0.3 is 14.3 Å². The molecular weight excluding hydrogens is 408 g/mol. The fraction of sp³-hybridized carbons (Fsp3) is 0.120.